The average molecular weight is 350 g/mol. The van der Waals surface area contributed by atoms with E-state index in [1.54, 1.807) is 29.2 Å². The highest BCUT2D eigenvalue weighted by molar-refractivity contribution is 7.09. The van der Waals surface area contributed by atoms with Crippen LogP contribution in [-0.2, 0) is 11.3 Å². The Labute approximate surface area is 148 Å². The van der Waals surface area contributed by atoms with Gasteiger partial charge in [-0.25, -0.2) is 4.79 Å². The van der Waals surface area contributed by atoms with Gasteiger partial charge in [0.2, 0.25) is 5.91 Å². The molecule has 1 aliphatic rings. The first-order chi connectivity index (χ1) is 11.5. The molecule has 1 aliphatic heterocycles. The van der Waals surface area contributed by atoms with Crippen LogP contribution in [0, 0.1) is 0 Å². The number of amides is 3. The van der Waals surface area contributed by atoms with Crippen molar-refractivity contribution in [2.75, 3.05) is 13.1 Å². The van der Waals surface area contributed by atoms with E-state index in [4.69, 9.17) is 0 Å². The molecule has 2 rings (SSSR count). The molecule has 0 aromatic carbocycles. The number of likely N-dealkylation sites (tertiary alicyclic amines) is 1. The minimum Gasteiger partial charge on any atom is -0.338 e. The third kappa shape index (κ3) is 4.84. The maximum Gasteiger partial charge on any atom is 0.318 e. The molecule has 132 valence electrons. The molecule has 5 nitrogen and oxygen atoms in total. The molecule has 2 atom stereocenters. The summed E-state index contributed by atoms with van der Waals surface area (Å²) < 4.78 is 0. The number of urea groups is 1. The Morgan fingerprint density at radius 1 is 1.54 bits per heavy atom. The van der Waals surface area contributed by atoms with E-state index in [1.807, 2.05) is 22.4 Å². The van der Waals surface area contributed by atoms with Gasteiger partial charge in [0.15, 0.2) is 0 Å². The second kappa shape index (κ2) is 8.87. The highest BCUT2D eigenvalue weighted by atomic mass is 32.1. The van der Waals surface area contributed by atoms with Gasteiger partial charge in [-0.15, -0.1) is 17.9 Å². The van der Waals surface area contributed by atoms with Gasteiger partial charge in [0, 0.05) is 24.0 Å². The Morgan fingerprint density at radius 3 is 2.96 bits per heavy atom. The highest BCUT2D eigenvalue weighted by Crippen LogP contribution is 2.17. The molecule has 0 unspecified atom stereocenters. The molecular formula is C18H27N3O2S. The Bertz CT molecular complexity index is 559. The molecule has 1 aromatic rings. The predicted molar refractivity (Wildman–Crippen MR) is 97.9 cm³/mol. The molecule has 24 heavy (non-hydrogen) atoms. The fraction of sp³-hybridized carbons (Fsp3) is 0.556. The van der Waals surface area contributed by atoms with Gasteiger partial charge < -0.3 is 15.1 Å². The fourth-order valence-corrected chi connectivity index (χ4v) is 3.70. The van der Waals surface area contributed by atoms with Crippen molar-refractivity contribution in [3.8, 4) is 0 Å². The molecule has 1 saturated heterocycles. The molecule has 1 aromatic heterocycles. The van der Waals surface area contributed by atoms with E-state index in [1.165, 1.54) is 6.42 Å². The maximum atomic E-state index is 12.6. The Hall–Kier alpha value is -1.82. The lowest BCUT2D eigenvalue weighted by Crippen LogP contribution is -2.53. The highest BCUT2D eigenvalue weighted by Gasteiger charge is 2.28. The van der Waals surface area contributed by atoms with E-state index in [0.717, 1.165) is 24.3 Å². The Balaban J connectivity index is 1.94. The first-order valence-corrected chi connectivity index (χ1v) is 9.40. The van der Waals surface area contributed by atoms with Crippen LogP contribution < -0.4 is 5.32 Å². The molecule has 2 heterocycles. The molecule has 6 heteroatoms. The van der Waals surface area contributed by atoms with Gasteiger partial charge >= 0.3 is 6.03 Å². The van der Waals surface area contributed by atoms with Crippen LogP contribution in [0.1, 0.15) is 38.0 Å². The molecule has 3 amide bonds. The average Bonchev–Trinajstić information content (AvgIpc) is 3.07. The topological polar surface area (TPSA) is 52.7 Å². The first-order valence-electron chi connectivity index (χ1n) is 8.52. The lowest BCUT2D eigenvalue weighted by atomic mass is 10.0. The van der Waals surface area contributed by atoms with Crippen LogP contribution >= 0.6 is 11.3 Å². The predicted octanol–water partition coefficient (Wildman–Crippen LogP) is 3.24. The van der Waals surface area contributed by atoms with Crippen molar-refractivity contribution in [1.29, 1.82) is 0 Å². The summed E-state index contributed by atoms with van der Waals surface area (Å²) in [6, 6.07) is 3.47. The van der Waals surface area contributed by atoms with Crippen LogP contribution in [0.4, 0.5) is 4.79 Å². The summed E-state index contributed by atoms with van der Waals surface area (Å²) in [6.07, 6.45) is 4.94. The largest absolute Gasteiger partial charge is 0.338 e. The van der Waals surface area contributed by atoms with Crippen molar-refractivity contribution in [3.05, 3.63) is 35.0 Å². The smallest absolute Gasteiger partial charge is 0.318 e. The van der Waals surface area contributed by atoms with Crippen molar-refractivity contribution in [1.82, 2.24) is 15.1 Å². The maximum absolute atomic E-state index is 12.6. The van der Waals surface area contributed by atoms with Crippen molar-refractivity contribution in [2.45, 2.75) is 51.7 Å². The van der Waals surface area contributed by atoms with Gasteiger partial charge in [0.05, 0.1) is 6.54 Å². The van der Waals surface area contributed by atoms with Crippen LogP contribution in [0.5, 0.6) is 0 Å². The number of hydrogen-bond donors (Lipinski definition) is 1. The van der Waals surface area contributed by atoms with Crippen molar-refractivity contribution in [3.63, 3.8) is 0 Å². The first kappa shape index (κ1) is 18.5. The quantitative estimate of drug-likeness (QED) is 0.802. The SMILES string of the molecule is C=CCN(Cc1cccs1)C(=O)N[C@@H](C)C(=O)N1CCCC[C@H]1C. The summed E-state index contributed by atoms with van der Waals surface area (Å²) in [4.78, 5) is 29.8. The summed E-state index contributed by atoms with van der Waals surface area (Å²) in [5.41, 5.74) is 0. The van der Waals surface area contributed by atoms with E-state index < -0.39 is 6.04 Å². The molecule has 1 N–H and O–H groups in total. The third-order valence-electron chi connectivity index (χ3n) is 4.36. The lowest BCUT2D eigenvalue weighted by Gasteiger charge is -2.35. The zero-order valence-corrected chi connectivity index (χ0v) is 15.3. The minimum absolute atomic E-state index is 0.00484. The third-order valence-corrected chi connectivity index (χ3v) is 5.22. The number of carbonyl (C=O) groups is 2. The van der Waals surface area contributed by atoms with Crippen LogP contribution in [0.15, 0.2) is 30.2 Å². The summed E-state index contributed by atoms with van der Waals surface area (Å²) in [5.74, 6) is 0.00484. The van der Waals surface area contributed by atoms with E-state index in [-0.39, 0.29) is 18.0 Å². The van der Waals surface area contributed by atoms with Gasteiger partial charge in [-0.05, 0) is 44.6 Å². The molecular weight excluding hydrogens is 322 g/mol. The second-order valence-electron chi connectivity index (χ2n) is 6.30. The summed E-state index contributed by atoms with van der Waals surface area (Å²) >= 11 is 1.61. The monoisotopic (exact) mass is 349 g/mol. The Morgan fingerprint density at radius 2 is 2.33 bits per heavy atom. The van der Waals surface area contributed by atoms with Crippen LogP contribution in [0.2, 0.25) is 0 Å². The number of nitrogens with one attached hydrogen (secondary N) is 1. The zero-order valence-electron chi connectivity index (χ0n) is 14.5. The molecule has 0 aliphatic carbocycles. The van der Waals surface area contributed by atoms with Crippen molar-refractivity contribution in [2.24, 2.45) is 0 Å². The van der Waals surface area contributed by atoms with Gasteiger partial charge in [-0.2, -0.15) is 0 Å². The summed E-state index contributed by atoms with van der Waals surface area (Å²) in [6.45, 7) is 9.31. The lowest BCUT2D eigenvalue weighted by molar-refractivity contribution is -0.136. The standard InChI is InChI=1S/C18H27N3O2S/c1-4-10-20(13-16-9-7-12-24-16)18(23)19-15(3)17(22)21-11-6-5-8-14(21)2/h4,7,9,12,14-15H,1,5-6,8,10-11,13H2,2-3H3,(H,19,23)/t14-,15+/m1/s1. The number of rotatable bonds is 6. The molecule has 0 bridgehead atoms. The fourth-order valence-electron chi connectivity index (χ4n) is 2.98. The minimum atomic E-state index is -0.520. The van der Waals surface area contributed by atoms with E-state index >= 15 is 0 Å². The van der Waals surface area contributed by atoms with Crippen LogP contribution in [-0.4, -0.2) is 46.9 Å². The number of nitrogens with zero attached hydrogens (tertiary/aromatic N) is 2. The van der Waals surface area contributed by atoms with Gasteiger partial charge in [0.1, 0.15) is 6.04 Å². The number of hydrogen-bond acceptors (Lipinski definition) is 3. The molecule has 0 spiro atoms. The second-order valence-corrected chi connectivity index (χ2v) is 7.33. The number of thiophene rings is 1. The van der Waals surface area contributed by atoms with Crippen LogP contribution in [0.25, 0.3) is 0 Å². The van der Waals surface area contributed by atoms with Crippen molar-refractivity contribution >= 4 is 23.3 Å². The zero-order chi connectivity index (χ0) is 17.5. The van der Waals surface area contributed by atoms with Gasteiger partial charge in [-0.1, -0.05) is 12.1 Å². The van der Waals surface area contributed by atoms with Gasteiger partial charge in [-0.3, -0.25) is 4.79 Å². The summed E-state index contributed by atoms with van der Waals surface area (Å²) in [7, 11) is 0. The van der Waals surface area contributed by atoms with E-state index in [2.05, 4.69) is 18.8 Å². The van der Waals surface area contributed by atoms with Crippen molar-refractivity contribution < 1.29 is 9.59 Å². The molecule has 0 radical (unpaired) electrons. The van der Waals surface area contributed by atoms with Crippen LogP contribution in [0.3, 0.4) is 0 Å². The molecule has 1 fully saturated rings. The normalized spacial score (nSPS) is 18.8. The van der Waals surface area contributed by atoms with E-state index in [9.17, 15) is 9.59 Å². The Kier molecular flexibility index (Phi) is 6.85. The number of piperidine rings is 1. The van der Waals surface area contributed by atoms with Gasteiger partial charge in [0.25, 0.3) is 0 Å². The van der Waals surface area contributed by atoms with E-state index in [0.29, 0.717) is 13.1 Å². The summed E-state index contributed by atoms with van der Waals surface area (Å²) in [5, 5.41) is 4.84. The number of carbonyl (C=O) groups excluding carboxylic acids is 2. The molecule has 0 saturated carbocycles.